The van der Waals surface area contributed by atoms with E-state index in [1.807, 2.05) is 26.0 Å². The molecule has 1 aliphatic rings. The lowest BCUT2D eigenvalue weighted by Gasteiger charge is -2.20. The van der Waals surface area contributed by atoms with Crippen molar-refractivity contribution < 1.29 is 5.11 Å². The first-order valence-corrected chi connectivity index (χ1v) is 5.50. The van der Waals surface area contributed by atoms with Gasteiger partial charge in [-0.05, 0) is 37.8 Å². The molecule has 0 bridgehead atoms. The van der Waals surface area contributed by atoms with Crippen LogP contribution in [0.1, 0.15) is 37.8 Å². The zero-order valence-electron chi connectivity index (χ0n) is 9.46. The Morgan fingerprint density at radius 3 is 2.60 bits per heavy atom. The highest BCUT2D eigenvalue weighted by atomic mass is 16.3. The van der Waals surface area contributed by atoms with Crippen molar-refractivity contribution in [1.29, 1.82) is 0 Å². The minimum atomic E-state index is -0.419. The van der Waals surface area contributed by atoms with Gasteiger partial charge in [0.1, 0.15) is 0 Å². The molecule has 0 spiro atoms. The third-order valence-electron chi connectivity index (χ3n) is 3.03. The highest BCUT2D eigenvalue weighted by Gasteiger charge is 2.40. The third kappa shape index (κ3) is 2.58. The maximum atomic E-state index is 9.84. The Kier molecular flexibility index (Phi) is 2.36. The number of hydrogen-bond acceptors (Lipinski definition) is 2. The van der Waals surface area contributed by atoms with Crippen molar-refractivity contribution in [3.8, 4) is 0 Å². The number of benzene rings is 1. The molecule has 0 heterocycles. The molecule has 0 atom stereocenters. The molecule has 1 fully saturated rings. The van der Waals surface area contributed by atoms with Crippen molar-refractivity contribution in [1.82, 2.24) is 0 Å². The standard InChI is InChI=1S/C13H19NO/c1-12(2,14)11-5-3-4-10(8-11)9-13(15)6-7-13/h3-5,8,15H,6-7,9,14H2,1-2H3. The maximum absolute atomic E-state index is 9.84. The van der Waals surface area contributed by atoms with Gasteiger partial charge in [0, 0.05) is 12.0 Å². The Morgan fingerprint density at radius 2 is 2.07 bits per heavy atom. The minimum Gasteiger partial charge on any atom is -0.390 e. The summed E-state index contributed by atoms with van der Waals surface area (Å²) >= 11 is 0. The second-order valence-electron chi connectivity index (χ2n) is 5.32. The number of nitrogens with two attached hydrogens (primary N) is 1. The molecule has 0 unspecified atom stereocenters. The molecule has 2 nitrogen and oxygen atoms in total. The lowest BCUT2D eigenvalue weighted by molar-refractivity contribution is 0.151. The van der Waals surface area contributed by atoms with E-state index < -0.39 is 5.60 Å². The second-order valence-corrected chi connectivity index (χ2v) is 5.32. The summed E-state index contributed by atoms with van der Waals surface area (Å²) in [6, 6.07) is 8.23. The molecule has 1 aliphatic carbocycles. The van der Waals surface area contributed by atoms with Crippen LogP contribution in [0.5, 0.6) is 0 Å². The lowest BCUT2D eigenvalue weighted by Crippen LogP contribution is -2.28. The van der Waals surface area contributed by atoms with E-state index in [-0.39, 0.29) is 5.54 Å². The highest BCUT2D eigenvalue weighted by Crippen LogP contribution is 2.38. The van der Waals surface area contributed by atoms with Gasteiger partial charge in [0.25, 0.3) is 0 Å². The van der Waals surface area contributed by atoms with Crippen molar-refractivity contribution in [3.63, 3.8) is 0 Å². The van der Waals surface area contributed by atoms with Gasteiger partial charge >= 0.3 is 0 Å². The smallest absolute Gasteiger partial charge is 0.0690 e. The summed E-state index contributed by atoms with van der Waals surface area (Å²) in [4.78, 5) is 0. The van der Waals surface area contributed by atoms with E-state index in [0.717, 1.165) is 24.8 Å². The summed E-state index contributed by atoms with van der Waals surface area (Å²) in [7, 11) is 0. The molecular formula is C13H19NO. The highest BCUT2D eigenvalue weighted by molar-refractivity contribution is 5.30. The molecule has 1 saturated carbocycles. The van der Waals surface area contributed by atoms with Crippen LogP contribution >= 0.6 is 0 Å². The predicted molar refractivity (Wildman–Crippen MR) is 61.5 cm³/mol. The summed E-state index contributed by atoms with van der Waals surface area (Å²) in [5, 5.41) is 9.84. The van der Waals surface area contributed by atoms with E-state index in [4.69, 9.17) is 5.73 Å². The summed E-state index contributed by atoms with van der Waals surface area (Å²) < 4.78 is 0. The van der Waals surface area contributed by atoms with Crippen molar-refractivity contribution in [2.45, 2.75) is 44.2 Å². The van der Waals surface area contributed by atoms with Crippen LogP contribution in [-0.2, 0) is 12.0 Å². The van der Waals surface area contributed by atoms with Crippen LogP contribution < -0.4 is 5.73 Å². The number of aliphatic hydroxyl groups is 1. The summed E-state index contributed by atoms with van der Waals surface area (Å²) in [6.07, 6.45) is 2.63. The molecule has 2 heteroatoms. The van der Waals surface area contributed by atoms with Crippen molar-refractivity contribution in [2.75, 3.05) is 0 Å². The zero-order valence-corrected chi connectivity index (χ0v) is 9.46. The Bertz CT molecular complexity index is 361. The first-order chi connectivity index (χ1) is 6.89. The average molecular weight is 205 g/mol. The van der Waals surface area contributed by atoms with Crippen LogP contribution in [0.15, 0.2) is 24.3 Å². The molecule has 0 aliphatic heterocycles. The van der Waals surface area contributed by atoms with Gasteiger partial charge in [-0.3, -0.25) is 0 Å². The molecule has 0 radical (unpaired) electrons. The van der Waals surface area contributed by atoms with Gasteiger partial charge in [-0.2, -0.15) is 0 Å². The SMILES string of the molecule is CC(C)(N)c1cccc(CC2(O)CC2)c1. The first-order valence-electron chi connectivity index (χ1n) is 5.50. The maximum Gasteiger partial charge on any atom is 0.0690 e. The minimum absolute atomic E-state index is 0.303. The Balaban J connectivity index is 2.19. The Morgan fingerprint density at radius 1 is 1.40 bits per heavy atom. The van der Waals surface area contributed by atoms with Crippen molar-refractivity contribution >= 4 is 0 Å². The Labute approximate surface area is 91.1 Å². The summed E-state index contributed by atoms with van der Waals surface area (Å²) in [5.74, 6) is 0. The van der Waals surface area contributed by atoms with E-state index in [2.05, 4.69) is 12.1 Å². The quantitative estimate of drug-likeness (QED) is 0.792. The molecule has 0 amide bonds. The average Bonchev–Trinajstić information content (AvgIpc) is 2.82. The zero-order chi connectivity index (χ0) is 11.1. The van der Waals surface area contributed by atoms with Crippen LogP contribution in [0.4, 0.5) is 0 Å². The van der Waals surface area contributed by atoms with Gasteiger partial charge in [0.15, 0.2) is 0 Å². The lowest BCUT2D eigenvalue weighted by atomic mass is 9.92. The topological polar surface area (TPSA) is 46.2 Å². The summed E-state index contributed by atoms with van der Waals surface area (Å²) in [5.41, 5.74) is 7.63. The van der Waals surface area contributed by atoms with E-state index in [0.29, 0.717) is 0 Å². The molecule has 0 saturated heterocycles. The molecule has 1 aromatic rings. The molecule has 0 aromatic heterocycles. The van der Waals surface area contributed by atoms with Gasteiger partial charge < -0.3 is 10.8 Å². The molecule has 15 heavy (non-hydrogen) atoms. The van der Waals surface area contributed by atoms with E-state index >= 15 is 0 Å². The molecular weight excluding hydrogens is 186 g/mol. The fourth-order valence-corrected chi connectivity index (χ4v) is 1.78. The van der Waals surface area contributed by atoms with Crippen molar-refractivity contribution in [3.05, 3.63) is 35.4 Å². The fraction of sp³-hybridized carbons (Fsp3) is 0.538. The number of rotatable bonds is 3. The number of hydrogen-bond donors (Lipinski definition) is 2. The van der Waals surface area contributed by atoms with Gasteiger partial charge in [-0.15, -0.1) is 0 Å². The van der Waals surface area contributed by atoms with E-state index in [9.17, 15) is 5.11 Å². The van der Waals surface area contributed by atoms with Gasteiger partial charge in [-0.25, -0.2) is 0 Å². The van der Waals surface area contributed by atoms with Gasteiger partial charge in [0.05, 0.1) is 5.60 Å². The third-order valence-corrected chi connectivity index (χ3v) is 3.03. The second kappa shape index (κ2) is 3.32. The fourth-order valence-electron chi connectivity index (χ4n) is 1.78. The predicted octanol–water partition coefficient (Wildman–Crippen LogP) is 1.95. The largest absolute Gasteiger partial charge is 0.390 e. The van der Waals surface area contributed by atoms with Crippen LogP contribution in [0.2, 0.25) is 0 Å². The normalized spacial score (nSPS) is 18.9. The van der Waals surface area contributed by atoms with E-state index in [1.165, 1.54) is 5.56 Å². The monoisotopic (exact) mass is 205 g/mol. The van der Waals surface area contributed by atoms with Gasteiger partial charge in [-0.1, -0.05) is 24.3 Å². The molecule has 1 aromatic carbocycles. The van der Waals surface area contributed by atoms with Crippen LogP contribution in [0.25, 0.3) is 0 Å². The Hall–Kier alpha value is -0.860. The van der Waals surface area contributed by atoms with Crippen LogP contribution in [-0.4, -0.2) is 10.7 Å². The first kappa shape index (κ1) is 10.7. The van der Waals surface area contributed by atoms with Gasteiger partial charge in [0.2, 0.25) is 0 Å². The van der Waals surface area contributed by atoms with Crippen molar-refractivity contribution in [2.24, 2.45) is 5.73 Å². The molecule has 82 valence electrons. The molecule has 2 rings (SSSR count). The van der Waals surface area contributed by atoms with E-state index in [1.54, 1.807) is 0 Å². The van der Waals surface area contributed by atoms with Crippen LogP contribution in [0, 0.1) is 0 Å². The van der Waals surface area contributed by atoms with Crippen LogP contribution in [0.3, 0.4) is 0 Å². The molecule has 3 N–H and O–H groups in total. The summed E-state index contributed by atoms with van der Waals surface area (Å²) in [6.45, 7) is 4.00.